The van der Waals surface area contributed by atoms with Crippen molar-refractivity contribution in [2.45, 2.75) is 69.9 Å². The zero-order valence-electron chi connectivity index (χ0n) is 14.8. The largest absolute Gasteiger partial charge is 0.345 e. The Balaban J connectivity index is 1.62. The van der Waals surface area contributed by atoms with Crippen LogP contribution in [-0.4, -0.2) is 17.9 Å². The van der Waals surface area contributed by atoms with Crippen molar-refractivity contribution in [1.29, 1.82) is 0 Å². The zero-order chi connectivity index (χ0) is 17.9. The van der Waals surface area contributed by atoms with E-state index in [4.69, 9.17) is 0 Å². The highest BCUT2D eigenvalue weighted by Gasteiger charge is 2.42. The van der Waals surface area contributed by atoms with Gasteiger partial charge in [0.15, 0.2) is 0 Å². The van der Waals surface area contributed by atoms with Crippen molar-refractivity contribution < 1.29 is 9.59 Å². The average Bonchev–Trinajstić information content (AvgIpc) is 2.59. The Morgan fingerprint density at radius 2 is 1.80 bits per heavy atom. The first-order valence-corrected chi connectivity index (χ1v) is 10.2. The minimum absolute atomic E-state index is 0.0332. The first-order chi connectivity index (χ1) is 12.0. The van der Waals surface area contributed by atoms with Gasteiger partial charge in [0, 0.05) is 10.4 Å². The number of carbonyl (C=O) groups is 2. The molecule has 0 bridgehead atoms. The van der Waals surface area contributed by atoms with E-state index in [1.807, 2.05) is 18.2 Å². The lowest BCUT2D eigenvalue weighted by molar-refractivity contribution is -0.132. The molecule has 4 nitrogen and oxygen atoms in total. The molecule has 2 aliphatic rings. The standard InChI is InChI=1S/C20H27BrN2O2/c1-14(22-19(25)15-8-3-2-4-9-15)18(24)23-20(12-7-13-20)16-10-5-6-11-17(16)21/h5-6,10-11,14-15H,2-4,7-9,12-13H2,1H3,(H,22,25)(H,23,24)/t14-/m0/s1. The van der Waals surface area contributed by atoms with Crippen molar-refractivity contribution in [3.8, 4) is 0 Å². The highest BCUT2D eigenvalue weighted by Crippen LogP contribution is 2.44. The Labute approximate surface area is 158 Å². The lowest BCUT2D eigenvalue weighted by atomic mass is 9.71. The number of benzene rings is 1. The van der Waals surface area contributed by atoms with E-state index < -0.39 is 6.04 Å². The molecule has 1 atom stereocenters. The Bertz CT molecular complexity index is 636. The zero-order valence-corrected chi connectivity index (χ0v) is 16.4. The van der Waals surface area contributed by atoms with Crippen molar-refractivity contribution in [2.75, 3.05) is 0 Å². The second-order valence-electron chi connectivity index (χ2n) is 7.47. The van der Waals surface area contributed by atoms with E-state index >= 15 is 0 Å². The highest BCUT2D eigenvalue weighted by atomic mass is 79.9. The van der Waals surface area contributed by atoms with E-state index in [0.717, 1.165) is 55.0 Å². The second-order valence-corrected chi connectivity index (χ2v) is 8.32. The molecule has 3 rings (SSSR count). The van der Waals surface area contributed by atoms with Crippen molar-refractivity contribution >= 4 is 27.7 Å². The first kappa shape index (κ1) is 18.4. The van der Waals surface area contributed by atoms with Crippen LogP contribution in [0.25, 0.3) is 0 Å². The highest BCUT2D eigenvalue weighted by molar-refractivity contribution is 9.10. The molecule has 0 aromatic heterocycles. The SMILES string of the molecule is C[C@H](NC(=O)C1CCCCC1)C(=O)NC1(c2ccccc2Br)CCC1. The third-order valence-electron chi connectivity index (χ3n) is 5.69. The predicted molar refractivity (Wildman–Crippen MR) is 102 cm³/mol. The second kappa shape index (κ2) is 7.90. The Kier molecular flexibility index (Phi) is 5.82. The third kappa shape index (κ3) is 4.08. The molecule has 136 valence electrons. The molecule has 2 N–H and O–H groups in total. The molecule has 0 heterocycles. The summed E-state index contributed by atoms with van der Waals surface area (Å²) < 4.78 is 1.02. The molecule has 1 aromatic rings. The number of halogens is 1. The van der Waals surface area contributed by atoms with Gasteiger partial charge in [0.1, 0.15) is 6.04 Å². The average molecular weight is 407 g/mol. The minimum Gasteiger partial charge on any atom is -0.345 e. The van der Waals surface area contributed by atoms with Gasteiger partial charge in [-0.3, -0.25) is 9.59 Å². The maximum atomic E-state index is 12.7. The summed E-state index contributed by atoms with van der Waals surface area (Å²) in [6, 6.07) is 7.55. The lowest BCUT2D eigenvalue weighted by Gasteiger charge is -2.44. The van der Waals surface area contributed by atoms with Crippen molar-refractivity contribution in [3.05, 3.63) is 34.3 Å². The van der Waals surface area contributed by atoms with Crippen LogP contribution in [0.3, 0.4) is 0 Å². The predicted octanol–water partition coefficient (Wildman–Crippen LogP) is 4.03. The van der Waals surface area contributed by atoms with Gasteiger partial charge in [-0.15, -0.1) is 0 Å². The molecule has 0 aliphatic heterocycles. The summed E-state index contributed by atoms with van der Waals surface area (Å²) in [6.45, 7) is 1.78. The number of hydrogen-bond acceptors (Lipinski definition) is 2. The number of nitrogens with one attached hydrogen (secondary N) is 2. The van der Waals surface area contributed by atoms with Crippen molar-refractivity contribution in [1.82, 2.24) is 10.6 Å². The van der Waals surface area contributed by atoms with Crippen LogP contribution >= 0.6 is 15.9 Å². The minimum atomic E-state index is -0.505. The summed E-state index contributed by atoms with van der Waals surface area (Å²) in [6.07, 6.45) is 8.31. The van der Waals surface area contributed by atoms with Gasteiger partial charge in [-0.05, 0) is 50.7 Å². The van der Waals surface area contributed by atoms with Gasteiger partial charge in [-0.2, -0.15) is 0 Å². The summed E-state index contributed by atoms with van der Waals surface area (Å²) in [5, 5.41) is 6.13. The van der Waals surface area contributed by atoms with Gasteiger partial charge in [0.05, 0.1) is 5.54 Å². The molecule has 5 heteroatoms. The van der Waals surface area contributed by atoms with Crippen LogP contribution in [0, 0.1) is 5.92 Å². The summed E-state index contributed by atoms with van der Waals surface area (Å²) in [5.41, 5.74) is 0.821. The lowest BCUT2D eigenvalue weighted by Crippen LogP contribution is -2.56. The molecule has 2 saturated carbocycles. The topological polar surface area (TPSA) is 58.2 Å². The van der Waals surface area contributed by atoms with Gasteiger partial charge in [0.25, 0.3) is 0 Å². The van der Waals surface area contributed by atoms with Crippen LogP contribution in [0.5, 0.6) is 0 Å². The fourth-order valence-electron chi connectivity index (χ4n) is 3.95. The normalized spacial score (nSPS) is 21.0. The number of hydrogen-bond donors (Lipinski definition) is 2. The van der Waals surface area contributed by atoms with E-state index in [9.17, 15) is 9.59 Å². The summed E-state index contributed by atoms with van der Waals surface area (Å²) in [5.74, 6) is 0.00967. The molecular weight excluding hydrogens is 380 g/mol. The fourth-order valence-corrected chi connectivity index (χ4v) is 4.61. The van der Waals surface area contributed by atoms with E-state index in [1.165, 1.54) is 6.42 Å². The van der Waals surface area contributed by atoms with Crippen molar-refractivity contribution in [2.24, 2.45) is 5.92 Å². The van der Waals surface area contributed by atoms with Crippen LogP contribution in [0.4, 0.5) is 0 Å². The molecular formula is C20H27BrN2O2. The molecule has 0 radical (unpaired) electrons. The smallest absolute Gasteiger partial charge is 0.242 e. The number of carbonyl (C=O) groups excluding carboxylic acids is 2. The molecule has 1 aromatic carbocycles. The summed E-state index contributed by atoms with van der Waals surface area (Å²) in [4.78, 5) is 25.1. The van der Waals surface area contributed by atoms with Gasteiger partial charge in [-0.25, -0.2) is 0 Å². The fraction of sp³-hybridized carbons (Fsp3) is 0.600. The number of rotatable bonds is 5. The quantitative estimate of drug-likeness (QED) is 0.775. The molecule has 0 spiro atoms. The molecule has 25 heavy (non-hydrogen) atoms. The van der Waals surface area contributed by atoms with Crippen LogP contribution in [0.1, 0.15) is 63.9 Å². The van der Waals surface area contributed by atoms with E-state index in [0.29, 0.717) is 0 Å². The number of amides is 2. The van der Waals surface area contributed by atoms with E-state index in [-0.39, 0.29) is 23.3 Å². The van der Waals surface area contributed by atoms with E-state index in [1.54, 1.807) is 6.92 Å². The van der Waals surface area contributed by atoms with Crippen LogP contribution in [-0.2, 0) is 15.1 Å². The van der Waals surface area contributed by atoms with E-state index in [2.05, 4.69) is 32.6 Å². The Morgan fingerprint density at radius 3 is 2.40 bits per heavy atom. The van der Waals surface area contributed by atoms with Crippen LogP contribution in [0.15, 0.2) is 28.7 Å². The maximum absolute atomic E-state index is 12.7. The molecule has 0 saturated heterocycles. The maximum Gasteiger partial charge on any atom is 0.242 e. The van der Waals surface area contributed by atoms with Gasteiger partial charge < -0.3 is 10.6 Å². The monoisotopic (exact) mass is 406 g/mol. The van der Waals surface area contributed by atoms with Gasteiger partial charge in [-0.1, -0.05) is 53.4 Å². The summed E-state index contributed by atoms with van der Waals surface area (Å²) >= 11 is 3.61. The molecule has 2 amide bonds. The Morgan fingerprint density at radius 1 is 1.12 bits per heavy atom. The van der Waals surface area contributed by atoms with Crippen LogP contribution in [0.2, 0.25) is 0 Å². The molecule has 0 unspecified atom stereocenters. The van der Waals surface area contributed by atoms with Gasteiger partial charge in [0.2, 0.25) is 11.8 Å². The van der Waals surface area contributed by atoms with Gasteiger partial charge >= 0.3 is 0 Å². The van der Waals surface area contributed by atoms with Crippen LogP contribution < -0.4 is 10.6 Å². The summed E-state index contributed by atoms with van der Waals surface area (Å²) in [7, 11) is 0. The Hall–Kier alpha value is -1.36. The molecule has 2 fully saturated rings. The third-order valence-corrected chi connectivity index (χ3v) is 6.38. The van der Waals surface area contributed by atoms with Crippen molar-refractivity contribution in [3.63, 3.8) is 0 Å². The first-order valence-electron chi connectivity index (χ1n) is 9.39. The molecule has 2 aliphatic carbocycles.